The number of aldehydes is 1. The lowest BCUT2D eigenvalue weighted by Crippen LogP contribution is -2.28. The van der Waals surface area contributed by atoms with Crippen molar-refractivity contribution in [2.24, 2.45) is 5.92 Å². The van der Waals surface area contributed by atoms with Crippen molar-refractivity contribution in [2.45, 2.75) is 6.42 Å². The van der Waals surface area contributed by atoms with Gasteiger partial charge in [0.1, 0.15) is 5.82 Å². The van der Waals surface area contributed by atoms with Crippen LogP contribution < -0.4 is 4.90 Å². The zero-order valence-corrected chi connectivity index (χ0v) is 12.6. The number of rotatable bonds is 4. The van der Waals surface area contributed by atoms with Gasteiger partial charge in [-0.3, -0.25) is 4.79 Å². The second kappa shape index (κ2) is 5.82. The second-order valence-electron chi connectivity index (χ2n) is 6.01. The van der Waals surface area contributed by atoms with Gasteiger partial charge in [0.05, 0.1) is 11.1 Å². The van der Waals surface area contributed by atoms with Crippen molar-refractivity contribution in [3.8, 4) is 0 Å². The number of hydrogen-bond acceptors (Lipinski definition) is 4. The molecule has 4 heteroatoms. The summed E-state index contributed by atoms with van der Waals surface area (Å²) in [4.78, 5) is 20.6. The predicted octanol–water partition coefficient (Wildman–Crippen LogP) is 2.44. The van der Waals surface area contributed by atoms with Gasteiger partial charge in [-0.15, -0.1) is 0 Å². The highest BCUT2D eigenvalue weighted by Crippen LogP contribution is 2.24. The van der Waals surface area contributed by atoms with E-state index in [2.05, 4.69) is 21.8 Å². The first kappa shape index (κ1) is 14.0. The largest absolute Gasteiger partial charge is 0.359 e. The summed E-state index contributed by atoms with van der Waals surface area (Å²) in [6.07, 6.45) is 2.12. The first-order valence-corrected chi connectivity index (χ1v) is 7.42. The number of benzene rings is 1. The van der Waals surface area contributed by atoms with Crippen LogP contribution in [0.15, 0.2) is 30.3 Å². The number of para-hydroxylation sites is 1. The molecule has 0 spiro atoms. The van der Waals surface area contributed by atoms with Gasteiger partial charge in [0.25, 0.3) is 0 Å². The van der Waals surface area contributed by atoms with Crippen LogP contribution in [-0.4, -0.2) is 49.9 Å². The molecule has 1 aromatic carbocycles. The van der Waals surface area contributed by atoms with Crippen molar-refractivity contribution in [1.82, 2.24) is 9.88 Å². The molecule has 2 heterocycles. The number of carbonyl (C=O) groups excluding carboxylic acids is 1. The Morgan fingerprint density at radius 1 is 1.43 bits per heavy atom. The first-order chi connectivity index (χ1) is 10.2. The third-order valence-electron chi connectivity index (χ3n) is 4.24. The monoisotopic (exact) mass is 283 g/mol. The molecule has 21 heavy (non-hydrogen) atoms. The van der Waals surface area contributed by atoms with Gasteiger partial charge in [-0.05, 0) is 38.1 Å². The molecule has 2 aromatic rings. The van der Waals surface area contributed by atoms with Crippen molar-refractivity contribution in [3.63, 3.8) is 0 Å². The zero-order chi connectivity index (χ0) is 14.8. The highest BCUT2D eigenvalue weighted by Gasteiger charge is 2.22. The van der Waals surface area contributed by atoms with Gasteiger partial charge in [0.15, 0.2) is 6.29 Å². The number of anilines is 1. The number of pyridine rings is 1. The van der Waals surface area contributed by atoms with E-state index >= 15 is 0 Å². The fraction of sp³-hybridized carbons (Fsp3) is 0.412. The molecule has 1 fully saturated rings. The Morgan fingerprint density at radius 2 is 2.24 bits per heavy atom. The van der Waals surface area contributed by atoms with Gasteiger partial charge < -0.3 is 9.80 Å². The summed E-state index contributed by atoms with van der Waals surface area (Å²) in [5.41, 5.74) is 1.61. The van der Waals surface area contributed by atoms with E-state index in [1.54, 1.807) is 0 Å². The molecule has 1 atom stereocenters. The number of fused-ring (bicyclic) bond motifs is 1. The van der Waals surface area contributed by atoms with Gasteiger partial charge >= 0.3 is 0 Å². The van der Waals surface area contributed by atoms with Crippen LogP contribution >= 0.6 is 0 Å². The molecule has 0 saturated carbocycles. The zero-order valence-electron chi connectivity index (χ0n) is 12.6. The fourth-order valence-corrected chi connectivity index (χ4v) is 3.16. The average molecular weight is 283 g/mol. The van der Waals surface area contributed by atoms with Gasteiger partial charge in [0, 0.05) is 25.5 Å². The summed E-state index contributed by atoms with van der Waals surface area (Å²) in [5.74, 6) is 1.44. The van der Waals surface area contributed by atoms with Crippen LogP contribution in [0.25, 0.3) is 10.9 Å². The van der Waals surface area contributed by atoms with Crippen LogP contribution in [0.4, 0.5) is 5.82 Å². The molecule has 4 nitrogen and oxygen atoms in total. The van der Waals surface area contributed by atoms with Gasteiger partial charge in [-0.1, -0.05) is 18.2 Å². The Hall–Kier alpha value is -1.94. The highest BCUT2D eigenvalue weighted by molar-refractivity contribution is 5.91. The average Bonchev–Trinajstić information content (AvgIpc) is 2.90. The summed E-state index contributed by atoms with van der Waals surface area (Å²) < 4.78 is 0. The van der Waals surface area contributed by atoms with E-state index in [0.717, 1.165) is 42.6 Å². The molecule has 1 saturated heterocycles. The predicted molar refractivity (Wildman–Crippen MR) is 86.0 cm³/mol. The molecular weight excluding hydrogens is 262 g/mol. The SMILES string of the molecule is CN1CCC(CN(C)c2nc3ccccc3cc2C=O)C1. The third-order valence-corrected chi connectivity index (χ3v) is 4.24. The maximum absolute atomic E-state index is 11.4. The van der Waals surface area contributed by atoms with Crippen molar-refractivity contribution < 1.29 is 4.79 Å². The number of nitrogens with zero attached hydrogens (tertiary/aromatic N) is 3. The molecule has 0 aliphatic carbocycles. The van der Waals surface area contributed by atoms with E-state index < -0.39 is 0 Å². The summed E-state index contributed by atoms with van der Waals surface area (Å²) in [5, 5.41) is 1.01. The van der Waals surface area contributed by atoms with E-state index in [1.807, 2.05) is 37.4 Å². The van der Waals surface area contributed by atoms with Crippen LogP contribution in [0.5, 0.6) is 0 Å². The molecule has 1 aromatic heterocycles. The third kappa shape index (κ3) is 2.90. The Balaban J connectivity index is 1.89. The van der Waals surface area contributed by atoms with E-state index in [9.17, 15) is 4.79 Å². The number of carbonyl (C=O) groups is 1. The van der Waals surface area contributed by atoms with Crippen LogP contribution in [0.1, 0.15) is 16.8 Å². The standard InChI is InChI=1S/C17H21N3O/c1-19-8-7-13(10-19)11-20(2)17-15(12-21)9-14-5-3-4-6-16(14)18-17/h3-6,9,12-13H,7-8,10-11H2,1-2H3. The lowest BCUT2D eigenvalue weighted by Gasteiger charge is -2.23. The lowest BCUT2D eigenvalue weighted by atomic mass is 10.1. The molecule has 1 unspecified atom stereocenters. The van der Waals surface area contributed by atoms with Crippen molar-refractivity contribution in [2.75, 3.05) is 38.6 Å². The Labute approximate surface area is 125 Å². The molecule has 0 radical (unpaired) electrons. The van der Waals surface area contributed by atoms with Crippen LogP contribution in [0.2, 0.25) is 0 Å². The molecule has 110 valence electrons. The summed E-state index contributed by atoms with van der Waals surface area (Å²) >= 11 is 0. The topological polar surface area (TPSA) is 36.4 Å². The van der Waals surface area contributed by atoms with Crippen molar-refractivity contribution >= 4 is 23.0 Å². The van der Waals surface area contributed by atoms with Crippen LogP contribution in [0.3, 0.4) is 0 Å². The minimum absolute atomic E-state index is 0.646. The fourth-order valence-electron chi connectivity index (χ4n) is 3.16. The van der Waals surface area contributed by atoms with Gasteiger partial charge in [0.2, 0.25) is 0 Å². The maximum Gasteiger partial charge on any atom is 0.153 e. The minimum Gasteiger partial charge on any atom is -0.359 e. The second-order valence-corrected chi connectivity index (χ2v) is 6.01. The highest BCUT2D eigenvalue weighted by atomic mass is 16.1. The number of likely N-dealkylation sites (tertiary alicyclic amines) is 1. The van der Waals surface area contributed by atoms with Gasteiger partial charge in [-0.25, -0.2) is 4.98 Å². The lowest BCUT2D eigenvalue weighted by molar-refractivity contribution is 0.112. The Morgan fingerprint density at radius 3 is 2.95 bits per heavy atom. The summed E-state index contributed by atoms with van der Waals surface area (Å²) in [6, 6.07) is 9.86. The van der Waals surface area contributed by atoms with Crippen LogP contribution in [0, 0.1) is 5.92 Å². The van der Waals surface area contributed by atoms with Crippen LogP contribution in [-0.2, 0) is 0 Å². The van der Waals surface area contributed by atoms with E-state index in [1.165, 1.54) is 6.42 Å². The smallest absolute Gasteiger partial charge is 0.153 e. The molecule has 1 aliphatic rings. The van der Waals surface area contributed by atoms with E-state index in [4.69, 9.17) is 0 Å². The van der Waals surface area contributed by atoms with Crippen molar-refractivity contribution in [3.05, 3.63) is 35.9 Å². The van der Waals surface area contributed by atoms with Crippen molar-refractivity contribution in [1.29, 1.82) is 0 Å². The van der Waals surface area contributed by atoms with E-state index in [0.29, 0.717) is 11.5 Å². The normalized spacial score (nSPS) is 19.0. The Bertz CT molecular complexity index is 656. The molecule has 1 aliphatic heterocycles. The molecular formula is C17H21N3O. The van der Waals surface area contributed by atoms with Gasteiger partial charge in [-0.2, -0.15) is 0 Å². The first-order valence-electron chi connectivity index (χ1n) is 7.42. The van der Waals surface area contributed by atoms with E-state index in [-0.39, 0.29) is 0 Å². The molecule has 0 bridgehead atoms. The quantitative estimate of drug-likeness (QED) is 0.808. The maximum atomic E-state index is 11.4. The summed E-state index contributed by atoms with van der Waals surface area (Å²) in [6.45, 7) is 3.22. The molecule has 0 amide bonds. The Kier molecular flexibility index (Phi) is 3.88. The summed E-state index contributed by atoms with van der Waals surface area (Å²) in [7, 11) is 4.19. The molecule has 3 rings (SSSR count). The number of aromatic nitrogens is 1. The minimum atomic E-state index is 0.646. The number of hydrogen-bond donors (Lipinski definition) is 0. The molecule has 0 N–H and O–H groups in total.